The summed E-state index contributed by atoms with van der Waals surface area (Å²) in [6, 6.07) is 113. The quantitative estimate of drug-likeness (QED) is 0.108. The van der Waals surface area contributed by atoms with Crippen LogP contribution in [0.5, 0.6) is 0 Å². The zero-order valence-electron chi connectivity index (χ0n) is 42.2. The number of benzene rings is 12. The summed E-state index contributed by atoms with van der Waals surface area (Å²) >= 11 is 1.88. The van der Waals surface area contributed by atoms with Crippen LogP contribution in [-0.2, 0) is 0 Å². The normalized spacial score (nSPS) is 11.1. The number of fused-ring (bicyclic) bond motifs is 3. The third kappa shape index (κ3) is 9.37. The van der Waals surface area contributed by atoms with Crippen molar-refractivity contribution >= 4 is 99.8 Å². The van der Waals surface area contributed by atoms with E-state index in [-0.39, 0.29) is 0 Å². The van der Waals surface area contributed by atoms with Crippen LogP contribution in [-0.4, -0.2) is 0 Å². The van der Waals surface area contributed by atoms with Crippen molar-refractivity contribution in [2.24, 2.45) is 0 Å². The van der Waals surface area contributed by atoms with Gasteiger partial charge in [-0.1, -0.05) is 170 Å². The van der Waals surface area contributed by atoms with Gasteiger partial charge in [0, 0.05) is 99.5 Å². The Morgan fingerprint density at radius 3 is 0.610 bits per heavy atom. The predicted octanol–water partition coefficient (Wildman–Crippen LogP) is 21.3. The van der Waals surface area contributed by atoms with Crippen molar-refractivity contribution < 1.29 is 0 Å². The summed E-state index contributed by atoms with van der Waals surface area (Å²) in [5.41, 5.74) is 17.7. The number of hydrogen-bond donors (Lipinski definition) is 0. The highest BCUT2D eigenvalue weighted by molar-refractivity contribution is 7.27. The van der Waals surface area contributed by atoms with Crippen LogP contribution in [0.15, 0.2) is 315 Å². The van der Waals surface area contributed by atoms with E-state index in [1.807, 2.05) is 11.3 Å². The molecule has 0 aliphatic heterocycles. The van der Waals surface area contributed by atoms with Gasteiger partial charge < -0.3 is 19.6 Å². The average Bonchev–Trinajstić information content (AvgIpc) is 3.97. The molecule has 13 rings (SSSR count). The summed E-state index contributed by atoms with van der Waals surface area (Å²) in [7, 11) is 0. The molecule has 366 valence electrons. The van der Waals surface area contributed by atoms with Gasteiger partial charge in [0.15, 0.2) is 0 Å². The number of para-hydroxylation sites is 6. The monoisotopic (exact) mass is 1000 g/mol. The fraction of sp³-hybridized carbons (Fsp3) is 0. The summed E-state index contributed by atoms with van der Waals surface area (Å²) in [5, 5.41) is 2.39. The number of hydrogen-bond acceptors (Lipinski definition) is 5. The molecule has 0 N–H and O–H groups in total. The number of thiophene rings is 1. The lowest BCUT2D eigenvalue weighted by Gasteiger charge is -2.29. The summed E-state index contributed by atoms with van der Waals surface area (Å²) in [4.78, 5) is 9.44. The lowest BCUT2D eigenvalue weighted by atomic mass is 9.97. The summed E-state index contributed by atoms with van der Waals surface area (Å²) in [5.74, 6) is 0. The molecular weight excluding hydrogens is 953 g/mol. The molecule has 5 heteroatoms. The second-order valence-electron chi connectivity index (χ2n) is 19.0. The van der Waals surface area contributed by atoms with E-state index in [0.29, 0.717) is 0 Å². The molecule has 13 aromatic rings. The third-order valence-electron chi connectivity index (χ3n) is 14.1. The smallest absolute Gasteiger partial charge is 0.0475 e. The summed E-state index contributed by atoms with van der Waals surface area (Å²) in [6.45, 7) is 0. The number of anilines is 12. The number of nitrogens with zero attached hydrogens (tertiary/aromatic N) is 4. The lowest BCUT2D eigenvalue weighted by molar-refractivity contribution is 1.26. The van der Waals surface area contributed by atoms with Crippen molar-refractivity contribution in [2.45, 2.75) is 0 Å². The van der Waals surface area contributed by atoms with Gasteiger partial charge >= 0.3 is 0 Å². The Hall–Kier alpha value is -9.94. The lowest BCUT2D eigenvalue weighted by Crippen LogP contribution is -2.12. The highest BCUT2D eigenvalue weighted by Gasteiger charge is 2.24. The Labute approximate surface area is 454 Å². The van der Waals surface area contributed by atoms with Gasteiger partial charge in [0.05, 0.1) is 0 Å². The molecule has 0 unspecified atom stereocenters. The van der Waals surface area contributed by atoms with Crippen LogP contribution in [0.3, 0.4) is 0 Å². The zero-order chi connectivity index (χ0) is 51.3. The van der Waals surface area contributed by atoms with Gasteiger partial charge in [-0.2, -0.15) is 0 Å². The van der Waals surface area contributed by atoms with E-state index in [4.69, 9.17) is 0 Å². The van der Waals surface area contributed by atoms with Crippen molar-refractivity contribution in [3.05, 3.63) is 315 Å². The molecule has 12 aromatic carbocycles. The van der Waals surface area contributed by atoms with Crippen LogP contribution in [0.25, 0.3) is 42.4 Å². The summed E-state index contributed by atoms with van der Waals surface area (Å²) < 4.78 is 2.48. The van der Waals surface area contributed by atoms with Gasteiger partial charge in [0.25, 0.3) is 0 Å². The van der Waals surface area contributed by atoms with Crippen molar-refractivity contribution in [2.75, 3.05) is 19.6 Å². The second kappa shape index (κ2) is 21.1. The fourth-order valence-electron chi connectivity index (χ4n) is 10.6. The third-order valence-corrected chi connectivity index (χ3v) is 15.4. The molecule has 1 aromatic heterocycles. The molecule has 0 saturated heterocycles. The van der Waals surface area contributed by atoms with Gasteiger partial charge in [-0.25, -0.2) is 0 Å². The van der Waals surface area contributed by atoms with Crippen LogP contribution in [0.4, 0.5) is 68.2 Å². The van der Waals surface area contributed by atoms with Gasteiger partial charge in [-0.05, 0) is 157 Å². The van der Waals surface area contributed by atoms with Crippen molar-refractivity contribution in [1.82, 2.24) is 0 Å². The molecule has 0 spiro atoms. The largest absolute Gasteiger partial charge is 0.311 e. The van der Waals surface area contributed by atoms with E-state index in [0.717, 1.165) is 68.2 Å². The van der Waals surface area contributed by atoms with Crippen LogP contribution in [0, 0.1) is 0 Å². The number of rotatable bonds is 14. The van der Waals surface area contributed by atoms with Crippen molar-refractivity contribution in [1.29, 1.82) is 0 Å². The molecule has 0 atom stereocenters. The first-order valence-corrected chi connectivity index (χ1v) is 26.9. The van der Waals surface area contributed by atoms with Crippen LogP contribution in [0.2, 0.25) is 0 Å². The molecule has 0 bridgehead atoms. The highest BCUT2D eigenvalue weighted by Crippen LogP contribution is 2.51. The van der Waals surface area contributed by atoms with E-state index in [1.54, 1.807) is 0 Å². The Balaban J connectivity index is 1.01. The van der Waals surface area contributed by atoms with Gasteiger partial charge in [-0.15, -0.1) is 11.3 Å². The Morgan fingerprint density at radius 1 is 0.182 bits per heavy atom. The Bertz CT molecular complexity index is 3700. The van der Waals surface area contributed by atoms with E-state index in [2.05, 4.69) is 335 Å². The Morgan fingerprint density at radius 2 is 0.377 bits per heavy atom. The van der Waals surface area contributed by atoms with Crippen LogP contribution >= 0.6 is 11.3 Å². The molecular formula is C72H52N4S. The maximum Gasteiger partial charge on any atom is 0.0475 e. The van der Waals surface area contributed by atoms with E-state index >= 15 is 0 Å². The average molecular weight is 1010 g/mol. The minimum atomic E-state index is 1.06. The molecule has 0 amide bonds. The maximum atomic E-state index is 2.42. The zero-order valence-corrected chi connectivity index (χ0v) is 43.0. The minimum Gasteiger partial charge on any atom is -0.311 e. The second-order valence-corrected chi connectivity index (χ2v) is 20.0. The van der Waals surface area contributed by atoms with Crippen molar-refractivity contribution in [3.8, 4) is 22.3 Å². The minimum absolute atomic E-state index is 1.06. The molecule has 0 aliphatic carbocycles. The van der Waals surface area contributed by atoms with Crippen molar-refractivity contribution in [3.63, 3.8) is 0 Å². The first kappa shape index (κ1) is 46.8. The molecule has 0 saturated carbocycles. The van der Waals surface area contributed by atoms with E-state index in [9.17, 15) is 0 Å². The topological polar surface area (TPSA) is 13.0 Å². The van der Waals surface area contributed by atoms with E-state index < -0.39 is 0 Å². The molecule has 0 radical (unpaired) electrons. The fourth-order valence-corrected chi connectivity index (χ4v) is 12.0. The van der Waals surface area contributed by atoms with E-state index in [1.165, 1.54) is 42.4 Å². The first-order valence-electron chi connectivity index (χ1n) is 26.1. The van der Waals surface area contributed by atoms with Crippen LogP contribution < -0.4 is 19.6 Å². The maximum absolute atomic E-state index is 2.42. The molecule has 1 heterocycles. The Kier molecular flexibility index (Phi) is 12.8. The molecule has 0 fully saturated rings. The molecule has 77 heavy (non-hydrogen) atoms. The SMILES string of the molecule is c1ccc(-c2cc(N(c3ccccc3)c3ccc(N(c4ccccc4)c4ccccc4)cc3)cc3c2sc2c(-c4ccccc4)cc(N(c4ccccc4)c4ccc(N(c5ccccc5)c5ccccc5)cc4)cc23)cc1. The van der Waals surface area contributed by atoms with Gasteiger partial charge in [-0.3, -0.25) is 0 Å². The van der Waals surface area contributed by atoms with Gasteiger partial charge in [0.2, 0.25) is 0 Å². The predicted molar refractivity (Wildman–Crippen MR) is 329 cm³/mol. The van der Waals surface area contributed by atoms with Gasteiger partial charge in [0.1, 0.15) is 0 Å². The molecule has 0 aliphatic rings. The molecule has 4 nitrogen and oxygen atoms in total. The highest BCUT2D eigenvalue weighted by atomic mass is 32.1. The van der Waals surface area contributed by atoms with Crippen LogP contribution in [0.1, 0.15) is 0 Å². The first-order chi connectivity index (χ1) is 38.2. The summed E-state index contributed by atoms with van der Waals surface area (Å²) in [6.07, 6.45) is 0. The standard InChI is InChI=1S/C72H52N4S/c1-9-25-53(26-10-1)67-49-65(75(59-37-21-7-22-38-59)63-45-41-61(42-46-63)73(55-29-13-3-14-30-55)56-31-15-4-16-32-56)51-69-70-52-66(50-68(72(70)77-71(67)69)54-27-11-2-12-28-54)76(60-39-23-8-24-40-60)64-47-43-62(44-48-64)74(57-33-17-5-18-34-57)58-35-19-6-20-36-58/h1-52H.